The number of sulfonamides is 1. The van der Waals surface area contributed by atoms with Crippen LogP contribution in [0.2, 0.25) is 5.02 Å². The number of aryl methyl sites for hydroxylation is 1. The molecule has 0 heterocycles. The Morgan fingerprint density at radius 3 is 2.44 bits per heavy atom. The first-order chi connectivity index (χ1) is 16.3. The number of anilines is 1. The van der Waals surface area contributed by atoms with Crippen LogP contribution in [0.4, 0.5) is 5.69 Å². The summed E-state index contributed by atoms with van der Waals surface area (Å²) in [7, 11) is -2.55. The fraction of sp³-hybridized carbons (Fsp3) is 0.200. The third-order valence-corrected chi connectivity index (χ3v) is 7.06. The lowest BCUT2D eigenvalue weighted by atomic mass is 10.1. The molecule has 7 nitrogen and oxygen atoms in total. The largest absolute Gasteiger partial charge is 0.452 e. The van der Waals surface area contributed by atoms with E-state index in [0.717, 1.165) is 17.1 Å². The minimum absolute atomic E-state index is 0.0254. The van der Waals surface area contributed by atoms with Crippen LogP contribution < -0.4 is 9.62 Å². The van der Waals surface area contributed by atoms with Gasteiger partial charge in [-0.15, -0.1) is 0 Å². The van der Waals surface area contributed by atoms with Gasteiger partial charge in [0.25, 0.3) is 15.9 Å². The van der Waals surface area contributed by atoms with Gasteiger partial charge in [0, 0.05) is 18.6 Å². The Bertz CT molecular complexity index is 1250. The predicted molar refractivity (Wildman–Crippen MR) is 132 cm³/mol. The SMILES string of the molecule is CN(c1cccc(Cl)c1)S(=O)(=O)c1cccc(C(=O)OCC(=O)NCCCc2ccccc2)c1. The van der Waals surface area contributed by atoms with Gasteiger partial charge >= 0.3 is 5.97 Å². The Labute approximate surface area is 204 Å². The third kappa shape index (κ3) is 6.82. The fourth-order valence-electron chi connectivity index (χ4n) is 3.18. The lowest BCUT2D eigenvalue weighted by Gasteiger charge is -2.20. The van der Waals surface area contributed by atoms with E-state index in [9.17, 15) is 18.0 Å². The minimum Gasteiger partial charge on any atom is -0.452 e. The van der Waals surface area contributed by atoms with Gasteiger partial charge in [-0.3, -0.25) is 9.10 Å². The molecule has 1 N–H and O–H groups in total. The molecule has 34 heavy (non-hydrogen) atoms. The highest BCUT2D eigenvalue weighted by Crippen LogP contribution is 2.25. The van der Waals surface area contributed by atoms with Gasteiger partial charge in [-0.25, -0.2) is 13.2 Å². The van der Waals surface area contributed by atoms with Gasteiger partial charge < -0.3 is 10.1 Å². The Kier molecular flexibility index (Phi) is 8.67. The van der Waals surface area contributed by atoms with Crippen molar-refractivity contribution in [2.24, 2.45) is 0 Å². The number of hydrogen-bond donors (Lipinski definition) is 1. The van der Waals surface area contributed by atoms with Crippen molar-refractivity contribution in [2.45, 2.75) is 17.7 Å². The number of ether oxygens (including phenoxy) is 1. The van der Waals surface area contributed by atoms with Crippen LogP contribution in [-0.4, -0.2) is 40.5 Å². The van der Waals surface area contributed by atoms with Gasteiger partial charge in [0.2, 0.25) is 0 Å². The molecule has 0 fully saturated rings. The zero-order valence-electron chi connectivity index (χ0n) is 18.6. The van der Waals surface area contributed by atoms with E-state index in [-0.39, 0.29) is 10.5 Å². The molecule has 0 spiro atoms. The second-order valence-corrected chi connectivity index (χ2v) is 9.90. The van der Waals surface area contributed by atoms with Crippen LogP contribution in [0.5, 0.6) is 0 Å². The molecule has 1 amide bonds. The number of hydrogen-bond acceptors (Lipinski definition) is 5. The van der Waals surface area contributed by atoms with Gasteiger partial charge in [0.15, 0.2) is 6.61 Å². The van der Waals surface area contributed by atoms with Gasteiger partial charge in [0.05, 0.1) is 16.1 Å². The Balaban J connectivity index is 1.54. The molecule has 0 aliphatic rings. The molecule has 0 aliphatic heterocycles. The van der Waals surface area contributed by atoms with Crippen LogP contribution in [0.15, 0.2) is 83.8 Å². The van der Waals surface area contributed by atoms with E-state index < -0.39 is 28.5 Å². The van der Waals surface area contributed by atoms with Crippen molar-refractivity contribution in [3.8, 4) is 0 Å². The monoisotopic (exact) mass is 500 g/mol. The first kappa shape index (κ1) is 25.3. The van der Waals surface area contributed by atoms with Crippen molar-refractivity contribution in [3.63, 3.8) is 0 Å². The third-order valence-electron chi connectivity index (χ3n) is 5.04. The Morgan fingerprint density at radius 1 is 0.971 bits per heavy atom. The van der Waals surface area contributed by atoms with E-state index in [1.165, 1.54) is 42.9 Å². The molecule has 0 atom stereocenters. The van der Waals surface area contributed by atoms with E-state index >= 15 is 0 Å². The van der Waals surface area contributed by atoms with E-state index in [1.54, 1.807) is 18.2 Å². The molecular weight excluding hydrogens is 476 g/mol. The molecular formula is C25H25ClN2O5S. The average Bonchev–Trinajstić information content (AvgIpc) is 2.85. The molecule has 0 bridgehead atoms. The topological polar surface area (TPSA) is 92.8 Å². The van der Waals surface area contributed by atoms with Gasteiger partial charge in [-0.2, -0.15) is 0 Å². The molecule has 0 aromatic heterocycles. The number of amides is 1. The summed E-state index contributed by atoms with van der Waals surface area (Å²) in [5, 5.41) is 3.10. The zero-order valence-corrected chi connectivity index (χ0v) is 20.2. The van der Waals surface area contributed by atoms with Crippen LogP contribution in [-0.2, 0) is 26.0 Å². The molecule has 3 aromatic rings. The number of carbonyl (C=O) groups excluding carboxylic acids is 2. The normalized spacial score (nSPS) is 11.0. The summed E-state index contributed by atoms with van der Waals surface area (Å²) >= 11 is 5.96. The van der Waals surface area contributed by atoms with Crippen molar-refractivity contribution in [2.75, 3.05) is 24.5 Å². The van der Waals surface area contributed by atoms with Crippen LogP contribution in [0.3, 0.4) is 0 Å². The first-order valence-corrected chi connectivity index (χ1v) is 12.4. The summed E-state index contributed by atoms with van der Waals surface area (Å²) in [4.78, 5) is 24.3. The van der Waals surface area contributed by atoms with Gasteiger partial charge in [0.1, 0.15) is 0 Å². The Morgan fingerprint density at radius 2 is 1.71 bits per heavy atom. The molecule has 0 saturated carbocycles. The number of benzene rings is 3. The summed E-state index contributed by atoms with van der Waals surface area (Å²) < 4.78 is 32.1. The molecule has 3 rings (SSSR count). The van der Waals surface area contributed by atoms with Crippen LogP contribution >= 0.6 is 11.6 Å². The highest BCUT2D eigenvalue weighted by molar-refractivity contribution is 7.92. The molecule has 9 heteroatoms. The number of carbonyl (C=O) groups is 2. The molecule has 3 aromatic carbocycles. The standard InChI is InChI=1S/C25H25ClN2O5S/c1-28(22-13-6-12-21(26)17-22)34(31,32)23-14-5-11-20(16-23)25(30)33-18-24(29)27-15-7-10-19-8-3-2-4-9-19/h2-6,8-9,11-14,16-17H,7,10,15,18H2,1H3,(H,27,29). The molecule has 0 saturated heterocycles. The summed E-state index contributed by atoms with van der Waals surface area (Å²) in [6.45, 7) is -0.00158. The highest BCUT2D eigenvalue weighted by Gasteiger charge is 2.23. The highest BCUT2D eigenvalue weighted by atomic mass is 35.5. The van der Waals surface area contributed by atoms with E-state index in [1.807, 2.05) is 30.3 Å². The molecule has 178 valence electrons. The summed E-state index contributed by atoms with van der Waals surface area (Å²) in [6, 6.07) is 21.8. The number of halogens is 1. The van der Waals surface area contributed by atoms with Crippen LogP contribution in [0, 0.1) is 0 Å². The van der Waals surface area contributed by atoms with Gasteiger partial charge in [-0.1, -0.05) is 54.1 Å². The molecule has 0 radical (unpaired) electrons. The second-order valence-electron chi connectivity index (χ2n) is 7.50. The summed E-state index contributed by atoms with van der Waals surface area (Å²) in [6.07, 6.45) is 1.58. The second kappa shape index (κ2) is 11.7. The lowest BCUT2D eigenvalue weighted by Crippen LogP contribution is -2.30. The van der Waals surface area contributed by atoms with Crippen molar-refractivity contribution in [1.29, 1.82) is 0 Å². The Hall–Kier alpha value is -3.36. The smallest absolute Gasteiger partial charge is 0.338 e. The lowest BCUT2D eigenvalue weighted by molar-refractivity contribution is -0.124. The zero-order chi connectivity index (χ0) is 24.6. The van der Waals surface area contributed by atoms with Gasteiger partial charge in [-0.05, 0) is 54.8 Å². The molecule has 0 unspecified atom stereocenters. The quantitative estimate of drug-likeness (QED) is 0.334. The van der Waals surface area contributed by atoms with Crippen molar-refractivity contribution in [3.05, 3.63) is 95.0 Å². The van der Waals surface area contributed by atoms with Crippen molar-refractivity contribution >= 4 is 39.2 Å². The summed E-state index contributed by atoms with van der Waals surface area (Å²) in [5.74, 6) is -1.22. The fourth-order valence-corrected chi connectivity index (χ4v) is 4.60. The van der Waals surface area contributed by atoms with Crippen molar-refractivity contribution < 1.29 is 22.7 Å². The minimum atomic E-state index is -3.95. The maximum Gasteiger partial charge on any atom is 0.338 e. The average molecular weight is 501 g/mol. The number of nitrogens with one attached hydrogen (secondary N) is 1. The van der Waals surface area contributed by atoms with E-state index in [0.29, 0.717) is 17.3 Å². The number of rotatable bonds is 10. The van der Waals surface area contributed by atoms with Crippen molar-refractivity contribution in [1.82, 2.24) is 5.32 Å². The maximum atomic E-state index is 13.0. The predicted octanol–water partition coefficient (Wildman–Crippen LogP) is 4.07. The maximum absolute atomic E-state index is 13.0. The van der Waals surface area contributed by atoms with Crippen LogP contribution in [0.25, 0.3) is 0 Å². The number of nitrogens with zero attached hydrogens (tertiary/aromatic N) is 1. The van der Waals surface area contributed by atoms with E-state index in [2.05, 4.69) is 5.32 Å². The van der Waals surface area contributed by atoms with E-state index in [4.69, 9.17) is 16.3 Å². The first-order valence-electron chi connectivity index (χ1n) is 10.6. The number of esters is 1. The molecule has 0 aliphatic carbocycles. The van der Waals surface area contributed by atoms with Crippen LogP contribution in [0.1, 0.15) is 22.3 Å². The summed E-state index contributed by atoms with van der Waals surface area (Å²) in [5.41, 5.74) is 1.58.